The van der Waals surface area contributed by atoms with Gasteiger partial charge in [-0.25, -0.2) is 4.79 Å². The molecule has 0 bridgehead atoms. The highest BCUT2D eigenvalue weighted by atomic mass is 35.5. The molecule has 2 aromatic heterocycles. The normalized spacial score (nSPS) is 14.4. The maximum absolute atomic E-state index is 12.7. The van der Waals surface area contributed by atoms with Crippen molar-refractivity contribution in [2.45, 2.75) is 6.54 Å². The minimum atomic E-state index is -0.350. The summed E-state index contributed by atoms with van der Waals surface area (Å²) in [7, 11) is 1.41. The van der Waals surface area contributed by atoms with Gasteiger partial charge in [0.05, 0.1) is 25.9 Å². The van der Waals surface area contributed by atoms with Crippen molar-refractivity contribution in [2.24, 2.45) is 0 Å². The number of methoxy groups -OCH3 is 1. The number of benzene rings is 2. The molecule has 0 radical (unpaired) electrons. The van der Waals surface area contributed by atoms with Crippen LogP contribution in [0.2, 0.25) is 5.02 Å². The number of rotatable bonds is 6. The van der Waals surface area contributed by atoms with Crippen LogP contribution in [-0.2, 0) is 16.0 Å². The molecule has 0 unspecified atom stereocenters. The Kier molecular flexibility index (Phi) is 6.63. The molecule has 34 heavy (non-hydrogen) atoms. The van der Waals surface area contributed by atoms with Gasteiger partial charge in [0.2, 0.25) is 0 Å². The van der Waals surface area contributed by atoms with E-state index in [4.69, 9.17) is 21.1 Å². The van der Waals surface area contributed by atoms with Crippen molar-refractivity contribution in [2.75, 3.05) is 40.0 Å². The van der Waals surface area contributed by atoms with Crippen molar-refractivity contribution >= 4 is 28.5 Å². The molecule has 1 aliphatic heterocycles. The molecule has 0 N–H and O–H groups in total. The summed E-state index contributed by atoms with van der Waals surface area (Å²) in [6, 6.07) is 15.6. The third-order valence-electron chi connectivity index (χ3n) is 6.28. The molecular formula is C27H26ClN3O3. The molecule has 7 heteroatoms. The van der Waals surface area contributed by atoms with E-state index >= 15 is 0 Å². The summed E-state index contributed by atoms with van der Waals surface area (Å²) in [6.45, 7) is 5.13. The average molecular weight is 476 g/mol. The highest BCUT2D eigenvalue weighted by Gasteiger charge is 2.20. The lowest BCUT2D eigenvalue weighted by atomic mass is 9.99. The second-order valence-electron chi connectivity index (χ2n) is 8.35. The zero-order valence-corrected chi connectivity index (χ0v) is 19.8. The highest BCUT2D eigenvalue weighted by Crippen LogP contribution is 2.35. The number of ether oxygens (including phenoxy) is 2. The van der Waals surface area contributed by atoms with Crippen LogP contribution >= 0.6 is 11.6 Å². The Morgan fingerprint density at radius 3 is 2.62 bits per heavy atom. The molecule has 1 saturated heterocycles. The van der Waals surface area contributed by atoms with Gasteiger partial charge in [0.15, 0.2) is 0 Å². The third kappa shape index (κ3) is 4.57. The van der Waals surface area contributed by atoms with Gasteiger partial charge < -0.3 is 14.0 Å². The molecule has 3 heterocycles. The summed E-state index contributed by atoms with van der Waals surface area (Å²) >= 11 is 6.22. The maximum atomic E-state index is 12.7. The van der Waals surface area contributed by atoms with Crippen LogP contribution in [0.5, 0.6) is 0 Å². The van der Waals surface area contributed by atoms with Crippen LogP contribution in [0.3, 0.4) is 0 Å². The van der Waals surface area contributed by atoms with E-state index in [2.05, 4.69) is 32.8 Å². The van der Waals surface area contributed by atoms with E-state index in [1.807, 2.05) is 48.8 Å². The summed E-state index contributed by atoms with van der Waals surface area (Å²) < 4.78 is 12.8. The molecule has 5 rings (SSSR count). The molecule has 0 aliphatic carbocycles. The van der Waals surface area contributed by atoms with Crippen molar-refractivity contribution in [3.05, 3.63) is 77.7 Å². The van der Waals surface area contributed by atoms with Gasteiger partial charge in [-0.1, -0.05) is 29.8 Å². The standard InChI is InChI=1S/C27H26ClN3O3/c1-33-27(32)23-6-3-7-25-26(23)24(18-31(25)9-8-30-10-12-34-13-11-30)21-14-20(16-29-17-21)19-4-2-5-22(28)15-19/h2-7,14-18H,8-13H2,1H3. The zero-order chi connectivity index (χ0) is 23.5. The second kappa shape index (κ2) is 9.97. The SMILES string of the molecule is COC(=O)c1cccc2c1c(-c1cncc(-c3cccc(Cl)c3)c1)cn2CCN1CCOCC1. The minimum absolute atomic E-state index is 0.350. The first-order valence-electron chi connectivity index (χ1n) is 11.4. The number of morpholine rings is 1. The van der Waals surface area contributed by atoms with Gasteiger partial charge in [-0.05, 0) is 35.9 Å². The predicted octanol–water partition coefficient (Wildman–Crippen LogP) is 5.14. The monoisotopic (exact) mass is 475 g/mol. The molecule has 1 fully saturated rings. The third-order valence-corrected chi connectivity index (χ3v) is 6.51. The van der Waals surface area contributed by atoms with E-state index in [9.17, 15) is 4.79 Å². The Balaban J connectivity index is 1.60. The first-order chi connectivity index (χ1) is 16.6. The molecule has 0 amide bonds. The molecule has 174 valence electrons. The molecule has 0 saturated carbocycles. The maximum Gasteiger partial charge on any atom is 0.338 e. The fourth-order valence-corrected chi connectivity index (χ4v) is 4.71. The van der Waals surface area contributed by atoms with Crippen LogP contribution in [0.15, 0.2) is 67.1 Å². The lowest BCUT2D eigenvalue weighted by molar-refractivity contribution is 0.0365. The number of carbonyl (C=O) groups excluding carboxylic acids is 1. The van der Waals surface area contributed by atoms with E-state index in [0.717, 1.165) is 72.5 Å². The lowest BCUT2D eigenvalue weighted by Gasteiger charge is -2.26. The van der Waals surface area contributed by atoms with Crippen LogP contribution in [0.25, 0.3) is 33.2 Å². The highest BCUT2D eigenvalue weighted by molar-refractivity contribution is 6.30. The summed E-state index contributed by atoms with van der Waals surface area (Å²) in [4.78, 5) is 19.6. The molecule has 1 aliphatic rings. The predicted molar refractivity (Wildman–Crippen MR) is 134 cm³/mol. The molecular weight excluding hydrogens is 450 g/mol. The number of aromatic nitrogens is 2. The van der Waals surface area contributed by atoms with Crippen LogP contribution in [0, 0.1) is 0 Å². The number of carbonyl (C=O) groups is 1. The van der Waals surface area contributed by atoms with Gasteiger partial charge in [-0.2, -0.15) is 0 Å². The summed E-state index contributed by atoms with van der Waals surface area (Å²) in [5, 5.41) is 1.55. The smallest absolute Gasteiger partial charge is 0.338 e. The number of fused-ring (bicyclic) bond motifs is 1. The van der Waals surface area contributed by atoms with E-state index in [-0.39, 0.29) is 5.97 Å². The van der Waals surface area contributed by atoms with Gasteiger partial charge in [0, 0.05) is 77.4 Å². The van der Waals surface area contributed by atoms with E-state index in [1.54, 1.807) is 0 Å². The second-order valence-corrected chi connectivity index (χ2v) is 8.79. The first kappa shape index (κ1) is 22.6. The zero-order valence-electron chi connectivity index (χ0n) is 19.0. The number of nitrogens with zero attached hydrogens (tertiary/aromatic N) is 3. The van der Waals surface area contributed by atoms with Crippen LogP contribution in [-0.4, -0.2) is 60.4 Å². The first-order valence-corrected chi connectivity index (χ1v) is 11.7. The van der Waals surface area contributed by atoms with Crippen molar-refractivity contribution in [3.63, 3.8) is 0 Å². The van der Waals surface area contributed by atoms with E-state index < -0.39 is 0 Å². The minimum Gasteiger partial charge on any atom is -0.465 e. The average Bonchev–Trinajstić information content (AvgIpc) is 3.26. The number of esters is 1. The van der Waals surface area contributed by atoms with Gasteiger partial charge in [0.25, 0.3) is 0 Å². The van der Waals surface area contributed by atoms with Gasteiger partial charge >= 0.3 is 5.97 Å². The summed E-state index contributed by atoms with van der Waals surface area (Å²) in [5.41, 5.74) is 5.39. The van der Waals surface area contributed by atoms with Crippen molar-refractivity contribution in [1.29, 1.82) is 0 Å². The fraction of sp³-hybridized carbons (Fsp3) is 0.259. The van der Waals surface area contributed by atoms with Gasteiger partial charge in [-0.3, -0.25) is 9.88 Å². The van der Waals surface area contributed by atoms with Crippen LogP contribution < -0.4 is 0 Å². The van der Waals surface area contributed by atoms with E-state index in [0.29, 0.717) is 10.6 Å². The lowest BCUT2D eigenvalue weighted by Crippen LogP contribution is -2.38. The topological polar surface area (TPSA) is 56.6 Å². The summed E-state index contributed by atoms with van der Waals surface area (Å²) in [6.07, 6.45) is 5.79. The molecule has 2 aromatic carbocycles. The Hall–Kier alpha value is -3.19. The molecule has 4 aromatic rings. The van der Waals surface area contributed by atoms with Crippen molar-refractivity contribution in [3.8, 4) is 22.3 Å². The Morgan fingerprint density at radius 1 is 1.03 bits per heavy atom. The number of halogens is 1. The number of hydrogen-bond donors (Lipinski definition) is 0. The van der Waals surface area contributed by atoms with Crippen molar-refractivity contribution < 1.29 is 14.3 Å². The van der Waals surface area contributed by atoms with Crippen molar-refractivity contribution in [1.82, 2.24) is 14.5 Å². The van der Waals surface area contributed by atoms with Crippen LogP contribution in [0.4, 0.5) is 0 Å². The Bertz CT molecular complexity index is 1330. The van der Waals surface area contributed by atoms with Gasteiger partial charge in [0.1, 0.15) is 0 Å². The Labute approximate surface area is 203 Å². The number of hydrogen-bond acceptors (Lipinski definition) is 5. The largest absolute Gasteiger partial charge is 0.465 e. The van der Waals surface area contributed by atoms with Gasteiger partial charge in [-0.15, -0.1) is 0 Å². The quantitative estimate of drug-likeness (QED) is 0.361. The fourth-order valence-electron chi connectivity index (χ4n) is 4.52. The molecule has 6 nitrogen and oxygen atoms in total. The Morgan fingerprint density at radius 2 is 1.82 bits per heavy atom. The van der Waals surface area contributed by atoms with Crippen LogP contribution in [0.1, 0.15) is 10.4 Å². The van der Waals surface area contributed by atoms with E-state index in [1.165, 1.54) is 7.11 Å². The molecule has 0 spiro atoms. The number of pyridine rings is 1. The molecule has 0 atom stereocenters. The summed E-state index contributed by atoms with van der Waals surface area (Å²) in [5.74, 6) is -0.350.